The van der Waals surface area contributed by atoms with Crippen molar-refractivity contribution in [3.05, 3.63) is 96.1 Å². The molecule has 1 amide bonds. The minimum Gasteiger partial charge on any atom is -0.497 e. The van der Waals surface area contributed by atoms with E-state index >= 15 is 0 Å². The molecule has 0 spiro atoms. The molecule has 0 radical (unpaired) electrons. The van der Waals surface area contributed by atoms with E-state index in [1.165, 1.54) is 0 Å². The van der Waals surface area contributed by atoms with Crippen LogP contribution in [0, 0.1) is 0 Å². The van der Waals surface area contributed by atoms with E-state index in [2.05, 4.69) is 5.16 Å². The van der Waals surface area contributed by atoms with Gasteiger partial charge in [0, 0.05) is 17.2 Å². The molecule has 0 atom stereocenters. The lowest BCUT2D eigenvalue weighted by atomic mass is 10.1. The number of furan rings is 1. The first-order valence-corrected chi connectivity index (χ1v) is 9.19. The van der Waals surface area contributed by atoms with Crippen molar-refractivity contribution in [1.82, 2.24) is 10.1 Å². The zero-order chi connectivity index (χ0) is 20.1. The second-order valence-electron chi connectivity index (χ2n) is 6.52. The molecule has 0 aliphatic heterocycles. The molecule has 2 heterocycles. The fourth-order valence-electron chi connectivity index (χ4n) is 3.05. The van der Waals surface area contributed by atoms with Gasteiger partial charge in [-0.15, -0.1) is 0 Å². The maximum Gasteiger partial charge on any atom is 0.254 e. The molecular weight excluding hydrogens is 368 g/mol. The summed E-state index contributed by atoms with van der Waals surface area (Å²) in [5.41, 5.74) is 2.12. The van der Waals surface area contributed by atoms with Crippen LogP contribution in [0.3, 0.4) is 0 Å². The number of aromatic nitrogens is 1. The number of nitrogens with zero attached hydrogens (tertiary/aromatic N) is 2. The molecule has 4 rings (SSSR count). The lowest BCUT2D eigenvalue weighted by Gasteiger charge is -2.20. The van der Waals surface area contributed by atoms with Gasteiger partial charge in [-0.3, -0.25) is 4.79 Å². The van der Waals surface area contributed by atoms with Gasteiger partial charge in [-0.05, 0) is 36.4 Å². The topological polar surface area (TPSA) is 68.7 Å². The number of amides is 1. The number of methoxy groups -OCH3 is 1. The normalized spacial score (nSPS) is 10.7. The SMILES string of the molecule is COc1cccc(-c2cc(CN(Cc3ccco3)C(=O)c3ccccc3)no2)c1. The molecular formula is C23H20N2O4. The van der Waals surface area contributed by atoms with Crippen LogP contribution in [0.25, 0.3) is 11.3 Å². The second-order valence-corrected chi connectivity index (χ2v) is 6.52. The van der Waals surface area contributed by atoms with E-state index in [1.807, 2.05) is 54.6 Å². The van der Waals surface area contributed by atoms with Crippen LogP contribution in [-0.2, 0) is 13.1 Å². The Morgan fingerprint density at radius 3 is 2.62 bits per heavy atom. The molecule has 6 nitrogen and oxygen atoms in total. The molecule has 0 unspecified atom stereocenters. The highest BCUT2D eigenvalue weighted by Crippen LogP contribution is 2.25. The average molecular weight is 388 g/mol. The molecule has 0 saturated heterocycles. The summed E-state index contributed by atoms with van der Waals surface area (Å²) in [5, 5.41) is 4.15. The summed E-state index contributed by atoms with van der Waals surface area (Å²) in [5.74, 6) is 1.95. The number of ether oxygens (including phenoxy) is 1. The zero-order valence-electron chi connectivity index (χ0n) is 15.9. The molecule has 29 heavy (non-hydrogen) atoms. The summed E-state index contributed by atoms with van der Waals surface area (Å²) in [6.07, 6.45) is 1.59. The van der Waals surface area contributed by atoms with Crippen molar-refractivity contribution in [3.8, 4) is 17.1 Å². The second kappa shape index (κ2) is 8.48. The Bertz CT molecular complexity index is 1070. The Balaban J connectivity index is 1.57. The molecule has 2 aromatic carbocycles. The van der Waals surface area contributed by atoms with E-state index in [1.54, 1.807) is 36.5 Å². The molecule has 0 fully saturated rings. The number of carbonyl (C=O) groups is 1. The van der Waals surface area contributed by atoms with Crippen molar-refractivity contribution in [2.45, 2.75) is 13.1 Å². The summed E-state index contributed by atoms with van der Waals surface area (Å²) < 4.78 is 16.2. The van der Waals surface area contributed by atoms with Gasteiger partial charge in [-0.1, -0.05) is 35.5 Å². The summed E-state index contributed by atoms with van der Waals surface area (Å²) in [6, 6.07) is 22.2. The lowest BCUT2D eigenvalue weighted by Crippen LogP contribution is -2.30. The maximum absolute atomic E-state index is 13.0. The van der Waals surface area contributed by atoms with E-state index in [-0.39, 0.29) is 5.91 Å². The smallest absolute Gasteiger partial charge is 0.254 e. The monoisotopic (exact) mass is 388 g/mol. The third-order valence-electron chi connectivity index (χ3n) is 4.50. The van der Waals surface area contributed by atoms with E-state index in [4.69, 9.17) is 13.7 Å². The van der Waals surface area contributed by atoms with Crippen LogP contribution in [0.4, 0.5) is 0 Å². The van der Waals surface area contributed by atoms with Crippen molar-refractivity contribution in [2.24, 2.45) is 0 Å². The molecule has 6 heteroatoms. The predicted octanol–water partition coefficient (Wildman–Crippen LogP) is 4.79. The van der Waals surface area contributed by atoms with Crippen LogP contribution in [0.15, 0.2) is 88.0 Å². The molecule has 0 aliphatic rings. The minimum absolute atomic E-state index is 0.104. The average Bonchev–Trinajstić information content (AvgIpc) is 3.46. The fourth-order valence-corrected chi connectivity index (χ4v) is 3.05. The molecule has 0 saturated carbocycles. The standard InChI is InChI=1S/C23H20N2O4/c1-27-20-10-5-9-18(13-20)22-14-19(24-29-22)15-25(16-21-11-6-12-28-21)23(26)17-7-3-2-4-8-17/h2-14H,15-16H2,1H3. The Labute approximate surface area is 168 Å². The molecule has 146 valence electrons. The highest BCUT2D eigenvalue weighted by atomic mass is 16.5. The van der Waals surface area contributed by atoms with Crippen LogP contribution < -0.4 is 4.74 Å². The van der Waals surface area contributed by atoms with Crippen molar-refractivity contribution in [3.63, 3.8) is 0 Å². The van der Waals surface area contributed by atoms with Crippen molar-refractivity contribution < 1.29 is 18.5 Å². The Hall–Kier alpha value is -3.80. The van der Waals surface area contributed by atoms with Crippen molar-refractivity contribution >= 4 is 5.91 Å². The number of carbonyl (C=O) groups excluding carboxylic acids is 1. The highest BCUT2D eigenvalue weighted by Gasteiger charge is 2.20. The number of benzene rings is 2. The molecule has 0 N–H and O–H groups in total. The first-order valence-electron chi connectivity index (χ1n) is 9.19. The van der Waals surface area contributed by atoms with E-state index in [0.29, 0.717) is 35.9 Å². The molecule has 4 aromatic rings. The molecule has 2 aromatic heterocycles. The van der Waals surface area contributed by atoms with E-state index in [0.717, 1.165) is 11.3 Å². The van der Waals surface area contributed by atoms with Gasteiger partial charge in [0.1, 0.15) is 17.2 Å². The first-order chi connectivity index (χ1) is 14.2. The Kier molecular flexibility index (Phi) is 5.42. The number of hydrogen-bond donors (Lipinski definition) is 0. The Morgan fingerprint density at radius 1 is 1.00 bits per heavy atom. The number of hydrogen-bond acceptors (Lipinski definition) is 5. The van der Waals surface area contributed by atoms with Gasteiger partial charge in [0.25, 0.3) is 5.91 Å². The quantitative estimate of drug-likeness (QED) is 0.455. The molecule has 0 bridgehead atoms. The van der Waals surface area contributed by atoms with Gasteiger partial charge in [0.2, 0.25) is 0 Å². The van der Waals surface area contributed by atoms with Gasteiger partial charge >= 0.3 is 0 Å². The van der Waals surface area contributed by atoms with Crippen LogP contribution in [0.5, 0.6) is 5.75 Å². The largest absolute Gasteiger partial charge is 0.497 e. The third kappa shape index (κ3) is 4.38. The van der Waals surface area contributed by atoms with Gasteiger partial charge in [-0.2, -0.15) is 0 Å². The van der Waals surface area contributed by atoms with Crippen LogP contribution >= 0.6 is 0 Å². The van der Waals surface area contributed by atoms with Gasteiger partial charge in [0.15, 0.2) is 5.76 Å². The summed E-state index contributed by atoms with van der Waals surface area (Å²) in [6.45, 7) is 0.629. The summed E-state index contributed by atoms with van der Waals surface area (Å²) in [7, 11) is 1.62. The van der Waals surface area contributed by atoms with Crippen LogP contribution in [0.2, 0.25) is 0 Å². The number of rotatable bonds is 7. The van der Waals surface area contributed by atoms with E-state index < -0.39 is 0 Å². The highest BCUT2D eigenvalue weighted by molar-refractivity contribution is 5.94. The maximum atomic E-state index is 13.0. The predicted molar refractivity (Wildman–Crippen MR) is 107 cm³/mol. The van der Waals surface area contributed by atoms with Gasteiger partial charge in [-0.25, -0.2) is 0 Å². The zero-order valence-corrected chi connectivity index (χ0v) is 15.9. The van der Waals surface area contributed by atoms with E-state index in [9.17, 15) is 4.79 Å². The third-order valence-corrected chi connectivity index (χ3v) is 4.50. The lowest BCUT2D eigenvalue weighted by molar-refractivity contribution is 0.0713. The molecule has 0 aliphatic carbocycles. The van der Waals surface area contributed by atoms with Gasteiger partial charge < -0.3 is 18.6 Å². The summed E-state index contributed by atoms with van der Waals surface area (Å²) >= 11 is 0. The minimum atomic E-state index is -0.104. The Morgan fingerprint density at radius 2 is 1.86 bits per heavy atom. The van der Waals surface area contributed by atoms with Crippen LogP contribution in [-0.4, -0.2) is 23.1 Å². The van der Waals surface area contributed by atoms with Gasteiger partial charge in [0.05, 0.1) is 26.5 Å². The first kappa shape index (κ1) is 18.6. The fraction of sp³-hybridized carbons (Fsp3) is 0.130. The van der Waals surface area contributed by atoms with Crippen molar-refractivity contribution in [2.75, 3.05) is 7.11 Å². The van der Waals surface area contributed by atoms with Crippen molar-refractivity contribution in [1.29, 1.82) is 0 Å². The van der Waals surface area contributed by atoms with Crippen LogP contribution in [0.1, 0.15) is 21.8 Å². The summed E-state index contributed by atoms with van der Waals surface area (Å²) in [4.78, 5) is 14.7.